The minimum atomic E-state index is -3.74. The molecule has 23 heavy (non-hydrogen) atoms. The molecule has 0 bridgehead atoms. The van der Waals surface area contributed by atoms with Crippen molar-refractivity contribution in [1.82, 2.24) is 4.72 Å². The Hall–Kier alpha value is -2.09. The van der Waals surface area contributed by atoms with E-state index in [1.54, 1.807) is 12.1 Å². The molecular weight excluding hydrogens is 316 g/mol. The third-order valence-electron chi connectivity index (χ3n) is 3.54. The minimum Gasteiger partial charge on any atom is -0.486 e. The van der Waals surface area contributed by atoms with Crippen molar-refractivity contribution < 1.29 is 17.9 Å². The quantitative estimate of drug-likeness (QED) is 0.863. The van der Waals surface area contributed by atoms with Crippen molar-refractivity contribution in [1.29, 1.82) is 0 Å². The molecule has 1 atom stereocenters. The summed E-state index contributed by atoms with van der Waals surface area (Å²) < 4.78 is 38.5. The lowest BCUT2D eigenvalue weighted by molar-refractivity contribution is 0.167. The zero-order valence-electron chi connectivity index (χ0n) is 12.4. The summed E-state index contributed by atoms with van der Waals surface area (Å²) >= 11 is 0. The van der Waals surface area contributed by atoms with E-state index in [1.165, 1.54) is 6.07 Å². The topological polar surface area (TPSA) is 90.7 Å². The molecule has 0 amide bonds. The van der Waals surface area contributed by atoms with E-state index in [0.717, 1.165) is 5.56 Å². The van der Waals surface area contributed by atoms with E-state index in [4.69, 9.17) is 15.2 Å². The van der Waals surface area contributed by atoms with Crippen LogP contribution in [0.25, 0.3) is 0 Å². The van der Waals surface area contributed by atoms with Gasteiger partial charge in [-0.05, 0) is 17.7 Å². The Morgan fingerprint density at radius 1 is 1.04 bits per heavy atom. The molecule has 0 aromatic heterocycles. The van der Waals surface area contributed by atoms with Crippen molar-refractivity contribution in [3.63, 3.8) is 0 Å². The number of benzene rings is 2. The van der Waals surface area contributed by atoms with Gasteiger partial charge in [0.1, 0.15) is 18.1 Å². The number of nitrogens with one attached hydrogen (secondary N) is 1. The van der Waals surface area contributed by atoms with Crippen LogP contribution < -0.4 is 19.9 Å². The Balaban J connectivity index is 1.78. The van der Waals surface area contributed by atoms with Gasteiger partial charge in [-0.3, -0.25) is 0 Å². The summed E-state index contributed by atoms with van der Waals surface area (Å²) in [5.74, 6) is 0.686. The summed E-state index contributed by atoms with van der Waals surface area (Å²) in [5, 5.41) is 0. The summed E-state index contributed by atoms with van der Waals surface area (Å²) in [5.41, 5.74) is 6.90. The number of para-hydroxylation sites is 1. The van der Waals surface area contributed by atoms with Crippen LogP contribution in [0.1, 0.15) is 11.6 Å². The molecule has 0 radical (unpaired) electrons. The maximum Gasteiger partial charge on any atom is 0.244 e. The normalized spacial score (nSPS) is 15.2. The van der Waals surface area contributed by atoms with E-state index in [9.17, 15) is 8.42 Å². The van der Waals surface area contributed by atoms with E-state index >= 15 is 0 Å². The summed E-state index contributed by atoms with van der Waals surface area (Å²) in [6.07, 6.45) is 0. The lowest BCUT2D eigenvalue weighted by Gasteiger charge is -2.21. The molecule has 6 nitrogen and oxygen atoms in total. The highest BCUT2D eigenvalue weighted by Crippen LogP contribution is 2.36. The van der Waals surface area contributed by atoms with Crippen molar-refractivity contribution in [2.75, 3.05) is 19.8 Å². The monoisotopic (exact) mass is 334 g/mol. The predicted molar refractivity (Wildman–Crippen MR) is 86.0 cm³/mol. The predicted octanol–water partition coefficient (Wildman–Crippen LogP) is 1.44. The molecule has 0 saturated carbocycles. The van der Waals surface area contributed by atoms with Crippen LogP contribution >= 0.6 is 0 Å². The first kappa shape index (κ1) is 15.8. The van der Waals surface area contributed by atoms with Gasteiger partial charge < -0.3 is 15.2 Å². The van der Waals surface area contributed by atoms with Gasteiger partial charge in [0.2, 0.25) is 10.0 Å². The maximum atomic E-state index is 12.5. The van der Waals surface area contributed by atoms with Gasteiger partial charge in [0, 0.05) is 12.6 Å². The Labute approximate surface area is 135 Å². The average Bonchev–Trinajstić information content (AvgIpc) is 2.60. The standard InChI is InChI=1S/C16H18N2O4S/c17-13(12-5-2-1-3-6-12)11-18-23(19,20)15-8-4-7-14-16(15)22-10-9-21-14/h1-8,13,18H,9-11,17H2. The third-order valence-corrected chi connectivity index (χ3v) is 4.99. The highest BCUT2D eigenvalue weighted by Gasteiger charge is 2.25. The molecule has 0 saturated heterocycles. The van der Waals surface area contributed by atoms with Crippen LogP contribution in [0.2, 0.25) is 0 Å². The summed E-state index contributed by atoms with van der Waals surface area (Å²) in [6, 6.07) is 13.7. The molecule has 0 fully saturated rings. The molecule has 1 aliphatic rings. The molecule has 1 aliphatic heterocycles. The number of hydrogen-bond acceptors (Lipinski definition) is 5. The number of rotatable bonds is 5. The van der Waals surface area contributed by atoms with Crippen LogP contribution in [0.4, 0.5) is 0 Å². The van der Waals surface area contributed by atoms with Crippen molar-refractivity contribution >= 4 is 10.0 Å². The Bertz CT molecular complexity index is 778. The first-order chi connectivity index (χ1) is 11.1. The van der Waals surface area contributed by atoms with Gasteiger partial charge >= 0.3 is 0 Å². The summed E-state index contributed by atoms with van der Waals surface area (Å²) in [4.78, 5) is 0.0648. The molecule has 2 aromatic carbocycles. The van der Waals surface area contributed by atoms with Crippen molar-refractivity contribution in [2.24, 2.45) is 5.73 Å². The highest BCUT2D eigenvalue weighted by atomic mass is 32.2. The average molecular weight is 334 g/mol. The molecule has 1 unspecified atom stereocenters. The van der Waals surface area contributed by atoms with Gasteiger partial charge in [-0.15, -0.1) is 0 Å². The van der Waals surface area contributed by atoms with Crippen molar-refractivity contribution in [3.05, 3.63) is 54.1 Å². The highest BCUT2D eigenvalue weighted by molar-refractivity contribution is 7.89. The third kappa shape index (κ3) is 3.47. The van der Waals surface area contributed by atoms with Gasteiger partial charge in [0.25, 0.3) is 0 Å². The van der Waals surface area contributed by atoms with Gasteiger partial charge in [-0.1, -0.05) is 36.4 Å². The second-order valence-corrected chi connectivity index (χ2v) is 6.88. The zero-order valence-corrected chi connectivity index (χ0v) is 13.3. The van der Waals surface area contributed by atoms with Crippen LogP contribution in [0, 0.1) is 0 Å². The van der Waals surface area contributed by atoms with Gasteiger partial charge in [-0.2, -0.15) is 0 Å². The molecule has 122 valence electrons. The van der Waals surface area contributed by atoms with Gasteiger partial charge in [0.15, 0.2) is 11.5 Å². The number of ether oxygens (including phenoxy) is 2. The van der Waals surface area contributed by atoms with Crippen LogP contribution in [-0.2, 0) is 10.0 Å². The number of sulfonamides is 1. The SMILES string of the molecule is NC(CNS(=O)(=O)c1cccc2c1OCCO2)c1ccccc1. The van der Waals surface area contributed by atoms with Gasteiger partial charge in [0.05, 0.1) is 0 Å². The lowest BCUT2D eigenvalue weighted by Crippen LogP contribution is -2.32. The Morgan fingerprint density at radius 3 is 2.57 bits per heavy atom. The smallest absolute Gasteiger partial charge is 0.244 e. The Kier molecular flexibility index (Phi) is 4.51. The van der Waals surface area contributed by atoms with Crippen LogP contribution in [0.3, 0.4) is 0 Å². The molecule has 3 N–H and O–H groups in total. The minimum absolute atomic E-state index is 0.0648. The largest absolute Gasteiger partial charge is 0.486 e. The maximum absolute atomic E-state index is 12.5. The lowest BCUT2D eigenvalue weighted by atomic mass is 10.1. The summed E-state index contributed by atoms with van der Waals surface area (Å²) in [6.45, 7) is 0.822. The Morgan fingerprint density at radius 2 is 1.78 bits per heavy atom. The fraction of sp³-hybridized carbons (Fsp3) is 0.250. The number of fused-ring (bicyclic) bond motifs is 1. The fourth-order valence-electron chi connectivity index (χ4n) is 2.35. The van der Waals surface area contributed by atoms with Crippen LogP contribution in [-0.4, -0.2) is 28.2 Å². The molecular formula is C16H18N2O4S. The fourth-order valence-corrected chi connectivity index (χ4v) is 3.57. The molecule has 3 rings (SSSR count). The number of hydrogen-bond donors (Lipinski definition) is 2. The number of nitrogens with two attached hydrogens (primary N) is 1. The van der Waals surface area contributed by atoms with E-state index in [1.807, 2.05) is 30.3 Å². The van der Waals surface area contributed by atoms with Gasteiger partial charge in [-0.25, -0.2) is 13.1 Å². The second-order valence-electron chi connectivity index (χ2n) is 5.15. The molecule has 7 heteroatoms. The van der Waals surface area contributed by atoms with E-state index < -0.39 is 16.1 Å². The van der Waals surface area contributed by atoms with Crippen LogP contribution in [0.5, 0.6) is 11.5 Å². The second kappa shape index (κ2) is 6.57. The molecule has 1 heterocycles. The first-order valence-electron chi connectivity index (χ1n) is 7.27. The summed E-state index contributed by atoms with van der Waals surface area (Å²) in [7, 11) is -3.74. The first-order valence-corrected chi connectivity index (χ1v) is 8.75. The van der Waals surface area contributed by atoms with E-state index in [2.05, 4.69) is 4.72 Å². The molecule has 0 aliphatic carbocycles. The van der Waals surface area contributed by atoms with E-state index in [0.29, 0.717) is 19.0 Å². The molecule has 2 aromatic rings. The zero-order chi connectivity index (χ0) is 16.3. The molecule has 0 spiro atoms. The van der Waals surface area contributed by atoms with Crippen molar-refractivity contribution in [3.8, 4) is 11.5 Å². The van der Waals surface area contributed by atoms with Crippen molar-refractivity contribution in [2.45, 2.75) is 10.9 Å². The van der Waals surface area contributed by atoms with E-state index in [-0.39, 0.29) is 17.2 Å². The van der Waals surface area contributed by atoms with Crippen LogP contribution in [0.15, 0.2) is 53.4 Å².